The van der Waals surface area contributed by atoms with Crippen molar-refractivity contribution in [2.24, 2.45) is 0 Å². The van der Waals surface area contributed by atoms with E-state index in [0.717, 1.165) is 30.5 Å². The standard InChI is InChI=1S/C14H11BFNO6S/c16-11-7-9(18)1-2-14(11)24(22,23)17-4-3-10-12(17)5-8(15(20)21)6-13(10)19/h1-7,18-21H. The Kier molecular flexibility index (Phi) is 3.75. The minimum atomic E-state index is -4.37. The van der Waals surface area contributed by atoms with E-state index < -0.39 is 33.6 Å². The summed E-state index contributed by atoms with van der Waals surface area (Å²) in [6, 6.07) is 6.16. The zero-order valence-corrected chi connectivity index (χ0v) is 12.8. The van der Waals surface area contributed by atoms with Crippen LogP contribution in [0.5, 0.6) is 11.5 Å². The first kappa shape index (κ1) is 16.3. The van der Waals surface area contributed by atoms with Crippen molar-refractivity contribution in [1.29, 1.82) is 0 Å². The molecule has 4 N–H and O–H groups in total. The van der Waals surface area contributed by atoms with Gasteiger partial charge in [0.15, 0.2) is 0 Å². The maximum absolute atomic E-state index is 13.9. The number of aromatic hydroxyl groups is 2. The maximum Gasteiger partial charge on any atom is 0.488 e. The van der Waals surface area contributed by atoms with E-state index in [1.165, 1.54) is 6.07 Å². The van der Waals surface area contributed by atoms with E-state index in [2.05, 4.69) is 0 Å². The first-order valence-corrected chi connectivity index (χ1v) is 8.10. The highest BCUT2D eigenvalue weighted by Gasteiger charge is 2.25. The summed E-state index contributed by atoms with van der Waals surface area (Å²) in [7, 11) is -6.29. The molecule has 10 heteroatoms. The monoisotopic (exact) mass is 351 g/mol. The van der Waals surface area contributed by atoms with Crippen molar-refractivity contribution in [3.05, 3.63) is 48.4 Å². The van der Waals surface area contributed by atoms with Gasteiger partial charge in [0.05, 0.1) is 5.52 Å². The van der Waals surface area contributed by atoms with Gasteiger partial charge < -0.3 is 20.3 Å². The van der Waals surface area contributed by atoms with Crippen LogP contribution in [-0.4, -0.2) is 39.8 Å². The summed E-state index contributed by atoms with van der Waals surface area (Å²) in [6.07, 6.45) is 1.11. The molecule has 0 saturated heterocycles. The van der Waals surface area contributed by atoms with Crippen molar-refractivity contribution >= 4 is 33.5 Å². The summed E-state index contributed by atoms with van der Waals surface area (Å²) < 4.78 is 40.0. The van der Waals surface area contributed by atoms with Crippen LogP contribution in [0.25, 0.3) is 10.9 Å². The van der Waals surface area contributed by atoms with Gasteiger partial charge in [-0.25, -0.2) is 16.8 Å². The lowest BCUT2D eigenvalue weighted by Gasteiger charge is -2.10. The van der Waals surface area contributed by atoms with Crippen LogP contribution in [0.2, 0.25) is 0 Å². The third-order valence-corrected chi connectivity index (χ3v) is 5.25. The van der Waals surface area contributed by atoms with Gasteiger partial charge in [0.25, 0.3) is 10.0 Å². The van der Waals surface area contributed by atoms with E-state index in [9.17, 15) is 33.1 Å². The molecule has 24 heavy (non-hydrogen) atoms. The highest BCUT2D eigenvalue weighted by molar-refractivity contribution is 7.90. The molecule has 1 aromatic heterocycles. The minimum absolute atomic E-state index is 0.0504. The zero-order chi connectivity index (χ0) is 17.6. The Morgan fingerprint density at radius 2 is 1.75 bits per heavy atom. The topological polar surface area (TPSA) is 120 Å². The Bertz CT molecular complexity index is 1050. The lowest BCUT2D eigenvalue weighted by atomic mass is 9.80. The molecule has 7 nitrogen and oxygen atoms in total. The molecule has 3 rings (SSSR count). The molecular weight excluding hydrogens is 340 g/mol. The molecule has 124 valence electrons. The van der Waals surface area contributed by atoms with E-state index >= 15 is 0 Å². The highest BCUT2D eigenvalue weighted by atomic mass is 32.2. The van der Waals surface area contributed by atoms with Crippen LogP contribution in [0.15, 0.2) is 47.5 Å². The summed E-state index contributed by atoms with van der Waals surface area (Å²) in [5.74, 6) is -1.91. The van der Waals surface area contributed by atoms with Crippen LogP contribution in [0.1, 0.15) is 0 Å². The maximum atomic E-state index is 13.9. The average Bonchev–Trinajstić information content (AvgIpc) is 2.91. The smallest absolute Gasteiger partial charge is 0.488 e. The van der Waals surface area contributed by atoms with Crippen LogP contribution < -0.4 is 5.46 Å². The third-order valence-electron chi connectivity index (χ3n) is 3.52. The fourth-order valence-electron chi connectivity index (χ4n) is 2.38. The summed E-state index contributed by atoms with van der Waals surface area (Å²) in [6.45, 7) is 0. The van der Waals surface area contributed by atoms with Gasteiger partial charge in [-0.05, 0) is 35.8 Å². The highest BCUT2D eigenvalue weighted by Crippen LogP contribution is 2.29. The van der Waals surface area contributed by atoms with Crippen LogP contribution in [0.4, 0.5) is 4.39 Å². The van der Waals surface area contributed by atoms with Gasteiger partial charge in [-0.3, -0.25) is 0 Å². The molecule has 2 aromatic carbocycles. The fraction of sp³-hybridized carbons (Fsp3) is 0. The number of rotatable bonds is 3. The number of aromatic nitrogens is 1. The average molecular weight is 351 g/mol. The van der Waals surface area contributed by atoms with Gasteiger partial charge in [0.1, 0.15) is 22.2 Å². The van der Waals surface area contributed by atoms with E-state index in [1.807, 2.05) is 0 Å². The van der Waals surface area contributed by atoms with Crippen molar-refractivity contribution in [2.45, 2.75) is 4.90 Å². The molecule has 0 bridgehead atoms. The molecule has 1 heterocycles. The quantitative estimate of drug-likeness (QED) is 0.497. The number of phenols is 2. The number of benzene rings is 2. The molecule has 0 aliphatic heterocycles. The number of hydrogen-bond acceptors (Lipinski definition) is 6. The molecule has 0 amide bonds. The molecule has 0 saturated carbocycles. The Balaban J connectivity index is 2.29. The van der Waals surface area contributed by atoms with Gasteiger partial charge in [0, 0.05) is 17.6 Å². The van der Waals surface area contributed by atoms with Crippen molar-refractivity contribution in [1.82, 2.24) is 3.97 Å². The van der Waals surface area contributed by atoms with Crippen molar-refractivity contribution in [3.63, 3.8) is 0 Å². The number of hydrogen-bond donors (Lipinski definition) is 4. The molecule has 0 aliphatic carbocycles. The van der Waals surface area contributed by atoms with E-state index in [-0.39, 0.29) is 22.1 Å². The van der Waals surface area contributed by atoms with Crippen molar-refractivity contribution < 1.29 is 33.1 Å². The van der Waals surface area contributed by atoms with Crippen LogP contribution in [0.3, 0.4) is 0 Å². The number of fused-ring (bicyclic) bond motifs is 1. The number of phenolic OH excluding ortho intramolecular Hbond substituents is 2. The number of nitrogens with zero attached hydrogens (tertiary/aromatic N) is 1. The fourth-order valence-corrected chi connectivity index (χ4v) is 3.77. The second kappa shape index (κ2) is 5.51. The Hall–Kier alpha value is -2.56. The Morgan fingerprint density at radius 3 is 2.38 bits per heavy atom. The summed E-state index contributed by atoms with van der Waals surface area (Å²) >= 11 is 0. The predicted octanol–water partition coefficient (Wildman–Crippen LogP) is 0.108. The van der Waals surface area contributed by atoms with Gasteiger partial charge in [-0.2, -0.15) is 0 Å². The van der Waals surface area contributed by atoms with Crippen LogP contribution >= 0.6 is 0 Å². The SMILES string of the molecule is O=S(=O)(c1ccc(O)cc1F)n1ccc2c(O)cc(B(O)O)cc21. The lowest BCUT2D eigenvalue weighted by molar-refractivity contribution is 0.425. The molecule has 0 spiro atoms. The van der Waals surface area contributed by atoms with Gasteiger partial charge in [-0.15, -0.1) is 0 Å². The van der Waals surface area contributed by atoms with Crippen molar-refractivity contribution in [3.8, 4) is 11.5 Å². The Labute approximate surface area is 136 Å². The molecular formula is C14H11BFNO6S. The summed E-state index contributed by atoms with van der Waals surface area (Å²) in [5.41, 5.74) is -0.174. The molecule has 0 atom stereocenters. The first-order valence-electron chi connectivity index (χ1n) is 6.66. The lowest BCUT2D eigenvalue weighted by Crippen LogP contribution is -2.29. The van der Waals surface area contributed by atoms with Crippen LogP contribution in [0, 0.1) is 5.82 Å². The summed E-state index contributed by atoms with van der Waals surface area (Å²) in [4.78, 5) is -0.674. The van der Waals surface area contributed by atoms with E-state index in [1.54, 1.807) is 0 Å². The normalized spacial score (nSPS) is 11.8. The predicted molar refractivity (Wildman–Crippen MR) is 84.1 cm³/mol. The van der Waals surface area contributed by atoms with Crippen LogP contribution in [-0.2, 0) is 10.0 Å². The second-order valence-electron chi connectivity index (χ2n) is 5.08. The third kappa shape index (κ3) is 2.50. The zero-order valence-electron chi connectivity index (χ0n) is 12.0. The molecule has 3 aromatic rings. The summed E-state index contributed by atoms with van der Waals surface area (Å²) in [5, 5.41) is 37.7. The van der Waals surface area contributed by atoms with Gasteiger partial charge >= 0.3 is 7.12 Å². The molecule has 0 fully saturated rings. The molecule has 0 aliphatic rings. The first-order chi connectivity index (χ1) is 11.2. The Morgan fingerprint density at radius 1 is 1.04 bits per heavy atom. The van der Waals surface area contributed by atoms with Gasteiger partial charge in [-0.1, -0.05) is 0 Å². The van der Waals surface area contributed by atoms with E-state index in [4.69, 9.17) is 0 Å². The van der Waals surface area contributed by atoms with Crippen molar-refractivity contribution in [2.75, 3.05) is 0 Å². The minimum Gasteiger partial charge on any atom is -0.508 e. The van der Waals surface area contributed by atoms with E-state index in [0.29, 0.717) is 10.0 Å². The number of halogens is 1. The molecule has 0 radical (unpaired) electrons. The second-order valence-corrected chi connectivity index (χ2v) is 6.86. The molecule has 0 unspecified atom stereocenters. The largest absolute Gasteiger partial charge is 0.508 e. The van der Waals surface area contributed by atoms with Gasteiger partial charge in [0.2, 0.25) is 0 Å².